The molecule has 2 rings (SSSR count). The highest BCUT2D eigenvalue weighted by Gasteiger charge is 2.37. The maximum Gasteiger partial charge on any atom is 0.416 e. The fraction of sp³-hybridized carbons (Fsp3) is 0.500. The molecule has 1 aliphatic rings. The van der Waals surface area contributed by atoms with Gasteiger partial charge in [0.15, 0.2) is 0 Å². The lowest BCUT2D eigenvalue weighted by atomic mass is 9.95. The molecule has 0 aliphatic carbocycles. The number of alkyl halides is 3. The average Bonchev–Trinajstić information content (AvgIpc) is 2.52. The number of methoxy groups -OCH3 is 1. The molecule has 0 radical (unpaired) electrons. The van der Waals surface area contributed by atoms with E-state index in [1.54, 1.807) is 12.1 Å². The minimum absolute atomic E-state index is 0. The molecule has 1 atom stereocenters. The van der Waals surface area contributed by atoms with Crippen molar-refractivity contribution in [2.75, 3.05) is 33.3 Å². The Morgan fingerprint density at radius 2 is 1.92 bits per heavy atom. The molecule has 0 aromatic heterocycles. The lowest BCUT2D eigenvalue weighted by molar-refractivity contribution is -0.139. The van der Waals surface area contributed by atoms with E-state index >= 15 is 0 Å². The molecule has 1 aromatic carbocycles. The number of benzene rings is 1. The lowest BCUT2D eigenvalue weighted by Crippen LogP contribution is -2.45. The number of hydrogen-bond donors (Lipinski definition) is 1. The van der Waals surface area contributed by atoms with Crippen molar-refractivity contribution in [2.24, 2.45) is 0 Å². The van der Waals surface area contributed by atoms with Gasteiger partial charge < -0.3 is 10.1 Å². The Morgan fingerprint density at radius 1 is 1.29 bits per heavy atom. The van der Waals surface area contributed by atoms with Gasteiger partial charge in [0.1, 0.15) is 5.75 Å². The minimum atomic E-state index is -4.41. The minimum Gasteiger partial charge on any atom is -0.497 e. The molecule has 1 aromatic rings. The normalized spacial score (nSPS) is 16.5. The van der Waals surface area contributed by atoms with E-state index < -0.39 is 11.7 Å². The van der Waals surface area contributed by atoms with Crippen LogP contribution in [0, 0.1) is 0 Å². The zero-order valence-corrected chi connectivity index (χ0v) is 15.1. The Kier molecular flexibility index (Phi) is 9.73. The second-order valence-corrected chi connectivity index (χ2v) is 5.28. The van der Waals surface area contributed by atoms with Crippen LogP contribution in [0.2, 0.25) is 0 Å². The highest BCUT2D eigenvalue weighted by atomic mass is 35.5. The first-order chi connectivity index (χ1) is 10.5. The molecule has 138 valence electrons. The molecule has 0 spiro atoms. The molecule has 1 saturated heterocycles. The van der Waals surface area contributed by atoms with Crippen molar-refractivity contribution in [3.05, 3.63) is 42.0 Å². The topological polar surface area (TPSA) is 24.5 Å². The Labute approximate surface area is 153 Å². The van der Waals surface area contributed by atoms with Gasteiger partial charge in [-0.2, -0.15) is 13.2 Å². The lowest BCUT2D eigenvalue weighted by Gasteiger charge is -2.36. The highest BCUT2D eigenvalue weighted by molar-refractivity contribution is 5.85. The van der Waals surface area contributed by atoms with Gasteiger partial charge in [0.25, 0.3) is 0 Å². The molecule has 3 nitrogen and oxygen atoms in total. The molecule has 8 heteroatoms. The van der Waals surface area contributed by atoms with E-state index in [1.807, 2.05) is 0 Å². The smallest absolute Gasteiger partial charge is 0.416 e. The van der Waals surface area contributed by atoms with Crippen LogP contribution in [-0.2, 0) is 6.18 Å². The van der Waals surface area contributed by atoms with E-state index in [-0.39, 0.29) is 42.2 Å². The molecule has 1 fully saturated rings. The van der Waals surface area contributed by atoms with E-state index in [4.69, 9.17) is 4.74 Å². The van der Waals surface area contributed by atoms with Crippen LogP contribution in [0.4, 0.5) is 13.2 Å². The van der Waals surface area contributed by atoms with Gasteiger partial charge in [0.2, 0.25) is 0 Å². The molecule has 0 saturated carbocycles. The maximum atomic E-state index is 13.4. The van der Waals surface area contributed by atoms with Crippen molar-refractivity contribution in [1.82, 2.24) is 10.2 Å². The van der Waals surface area contributed by atoms with Gasteiger partial charge in [-0.1, -0.05) is 12.1 Å². The fourth-order valence-electron chi connectivity index (χ4n) is 2.82. The van der Waals surface area contributed by atoms with E-state index in [0.717, 1.165) is 32.2 Å². The van der Waals surface area contributed by atoms with E-state index in [0.29, 0.717) is 6.42 Å². The number of hydrogen-bond acceptors (Lipinski definition) is 3. The standard InChI is InChI=1S/C16H21F3N2O.2ClH/c1-3-4-15(21-9-7-20-8-10-21)13-6-5-12(22-2)11-14(13)16(17,18)19;;/h3,5-6,11,15,20H,1,4,7-10H2,2H3;2*1H/t15-;;/m1../s1. The van der Waals surface area contributed by atoms with Crippen LogP contribution in [0.3, 0.4) is 0 Å². The SMILES string of the molecule is C=CC[C@H](c1ccc(OC)cc1C(F)(F)F)N1CCNCC1.Cl.Cl. The first-order valence-corrected chi connectivity index (χ1v) is 7.28. The van der Waals surface area contributed by atoms with Gasteiger partial charge in [-0.25, -0.2) is 0 Å². The van der Waals surface area contributed by atoms with E-state index in [2.05, 4.69) is 16.8 Å². The van der Waals surface area contributed by atoms with Gasteiger partial charge in [-0.3, -0.25) is 4.90 Å². The Bertz CT molecular complexity index is 521. The third-order valence-electron chi connectivity index (χ3n) is 3.91. The van der Waals surface area contributed by atoms with E-state index in [1.165, 1.54) is 13.2 Å². The van der Waals surface area contributed by atoms with Gasteiger partial charge in [-0.05, 0) is 24.1 Å². The Hall–Kier alpha value is -0.950. The summed E-state index contributed by atoms with van der Waals surface area (Å²) in [4.78, 5) is 2.08. The summed E-state index contributed by atoms with van der Waals surface area (Å²) in [7, 11) is 1.37. The summed E-state index contributed by atoms with van der Waals surface area (Å²) in [6.45, 7) is 6.71. The van der Waals surface area contributed by atoms with Crippen LogP contribution in [-0.4, -0.2) is 38.2 Å². The summed E-state index contributed by atoms with van der Waals surface area (Å²) < 4.78 is 45.2. The number of nitrogens with zero attached hydrogens (tertiary/aromatic N) is 1. The quantitative estimate of drug-likeness (QED) is 0.771. The average molecular weight is 387 g/mol. The summed E-state index contributed by atoms with van der Waals surface area (Å²) in [5, 5.41) is 3.22. The van der Waals surface area contributed by atoms with Gasteiger partial charge >= 0.3 is 6.18 Å². The number of ether oxygens (including phenoxy) is 1. The summed E-state index contributed by atoms with van der Waals surface area (Å²) in [6.07, 6.45) is -2.25. The van der Waals surface area contributed by atoms with Crippen molar-refractivity contribution in [3.63, 3.8) is 0 Å². The summed E-state index contributed by atoms with van der Waals surface area (Å²) in [6, 6.07) is 3.87. The highest BCUT2D eigenvalue weighted by Crippen LogP contribution is 2.39. The van der Waals surface area contributed by atoms with Crippen molar-refractivity contribution < 1.29 is 17.9 Å². The molecule has 24 heavy (non-hydrogen) atoms. The van der Waals surface area contributed by atoms with Crippen LogP contribution < -0.4 is 10.1 Å². The monoisotopic (exact) mass is 386 g/mol. The molecule has 1 aliphatic heterocycles. The Balaban J connectivity index is 0.00000264. The van der Waals surface area contributed by atoms with Gasteiger partial charge in [0, 0.05) is 32.2 Å². The van der Waals surface area contributed by atoms with Crippen molar-refractivity contribution in [1.29, 1.82) is 0 Å². The van der Waals surface area contributed by atoms with Crippen LogP contribution in [0.15, 0.2) is 30.9 Å². The van der Waals surface area contributed by atoms with Crippen LogP contribution in [0.25, 0.3) is 0 Å². The fourth-order valence-corrected chi connectivity index (χ4v) is 2.82. The summed E-state index contributed by atoms with van der Waals surface area (Å²) in [5.41, 5.74) is -0.340. The molecule has 0 bridgehead atoms. The molecular weight excluding hydrogens is 364 g/mol. The second-order valence-electron chi connectivity index (χ2n) is 5.28. The van der Waals surface area contributed by atoms with E-state index in [9.17, 15) is 13.2 Å². The first kappa shape index (κ1) is 23.1. The second kappa shape index (κ2) is 10.1. The maximum absolute atomic E-state index is 13.4. The van der Waals surface area contributed by atoms with Crippen molar-refractivity contribution in [3.8, 4) is 5.75 Å². The summed E-state index contributed by atoms with van der Waals surface area (Å²) >= 11 is 0. The first-order valence-electron chi connectivity index (χ1n) is 7.28. The van der Waals surface area contributed by atoms with Crippen molar-refractivity contribution in [2.45, 2.75) is 18.6 Å². The molecular formula is C16H23Cl2F3N2O. The number of nitrogens with one attached hydrogen (secondary N) is 1. The van der Waals surface area contributed by atoms with Gasteiger partial charge in [0.05, 0.1) is 12.7 Å². The van der Waals surface area contributed by atoms with Crippen molar-refractivity contribution >= 4 is 24.8 Å². The number of rotatable bonds is 5. The number of piperazine rings is 1. The largest absolute Gasteiger partial charge is 0.497 e. The van der Waals surface area contributed by atoms with Crippen LogP contribution in [0.1, 0.15) is 23.6 Å². The summed E-state index contributed by atoms with van der Waals surface area (Å²) in [5.74, 6) is 0.216. The predicted octanol–water partition coefficient (Wildman–Crippen LogP) is 4.08. The third-order valence-corrected chi connectivity index (χ3v) is 3.91. The number of halogens is 5. The molecule has 1 N–H and O–H groups in total. The molecule has 0 amide bonds. The Morgan fingerprint density at radius 3 is 2.42 bits per heavy atom. The van der Waals surface area contributed by atoms with Crippen LogP contribution in [0.5, 0.6) is 5.75 Å². The molecule has 1 heterocycles. The predicted molar refractivity (Wildman–Crippen MR) is 94.5 cm³/mol. The zero-order valence-electron chi connectivity index (χ0n) is 13.4. The van der Waals surface area contributed by atoms with Gasteiger partial charge in [-0.15, -0.1) is 31.4 Å². The third kappa shape index (κ3) is 5.55. The van der Waals surface area contributed by atoms with Crippen LogP contribution >= 0.6 is 24.8 Å². The molecule has 0 unspecified atom stereocenters. The zero-order chi connectivity index (χ0) is 16.2.